The zero-order chi connectivity index (χ0) is 14.5. The van der Waals surface area contributed by atoms with Gasteiger partial charge in [-0.2, -0.15) is 0 Å². The zero-order valence-corrected chi connectivity index (χ0v) is 13.0. The Morgan fingerprint density at radius 1 is 1.10 bits per heavy atom. The Balaban J connectivity index is 2.29. The number of hydrogen-bond acceptors (Lipinski definition) is 2. The summed E-state index contributed by atoms with van der Waals surface area (Å²) in [5.74, 6) is 0.841. The lowest BCUT2D eigenvalue weighted by Gasteiger charge is -2.19. The second kappa shape index (κ2) is 6.98. The van der Waals surface area contributed by atoms with Gasteiger partial charge in [0.25, 0.3) is 0 Å². The maximum Gasteiger partial charge on any atom is 0.119 e. The summed E-state index contributed by atoms with van der Waals surface area (Å²) in [6, 6.07) is 13.7. The van der Waals surface area contributed by atoms with E-state index in [1.807, 2.05) is 43.4 Å². The van der Waals surface area contributed by atoms with Crippen LogP contribution < -0.4 is 10.1 Å². The molecule has 0 aromatic heterocycles. The maximum atomic E-state index is 6.24. The van der Waals surface area contributed by atoms with E-state index in [0.717, 1.165) is 23.3 Å². The van der Waals surface area contributed by atoms with E-state index < -0.39 is 0 Å². The molecule has 0 aliphatic rings. The van der Waals surface area contributed by atoms with E-state index in [9.17, 15) is 0 Å². The van der Waals surface area contributed by atoms with Gasteiger partial charge in [-0.3, -0.25) is 0 Å². The third-order valence-electron chi connectivity index (χ3n) is 3.31. The normalized spacial score (nSPS) is 12.2. The van der Waals surface area contributed by atoms with Crippen molar-refractivity contribution in [3.8, 4) is 5.75 Å². The third kappa shape index (κ3) is 3.45. The molecule has 0 aliphatic carbocycles. The van der Waals surface area contributed by atoms with E-state index >= 15 is 0 Å². The van der Waals surface area contributed by atoms with Crippen LogP contribution in [0.25, 0.3) is 0 Å². The molecule has 0 spiro atoms. The van der Waals surface area contributed by atoms with Crippen molar-refractivity contribution in [1.29, 1.82) is 0 Å². The van der Waals surface area contributed by atoms with E-state index in [-0.39, 0.29) is 6.04 Å². The van der Waals surface area contributed by atoms with Crippen molar-refractivity contribution >= 4 is 23.2 Å². The zero-order valence-electron chi connectivity index (χ0n) is 11.5. The SMILES string of the molecule is CNC(Cc1c(Cl)cccc1Cl)c1cccc(OC)c1. The van der Waals surface area contributed by atoms with Gasteiger partial charge in [0.15, 0.2) is 0 Å². The highest BCUT2D eigenvalue weighted by atomic mass is 35.5. The lowest BCUT2D eigenvalue weighted by molar-refractivity contribution is 0.413. The molecule has 2 nitrogen and oxygen atoms in total. The molecule has 2 rings (SSSR count). The monoisotopic (exact) mass is 309 g/mol. The van der Waals surface area contributed by atoms with Crippen molar-refractivity contribution in [2.24, 2.45) is 0 Å². The van der Waals surface area contributed by atoms with Crippen LogP contribution >= 0.6 is 23.2 Å². The fourth-order valence-corrected chi connectivity index (χ4v) is 2.73. The number of methoxy groups -OCH3 is 1. The molecular weight excluding hydrogens is 293 g/mol. The van der Waals surface area contributed by atoms with Crippen LogP contribution in [-0.2, 0) is 6.42 Å². The molecule has 0 heterocycles. The van der Waals surface area contributed by atoms with Gasteiger partial charge >= 0.3 is 0 Å². The van der Waals surface area contributed by atoms with E-state index in [0.29, 0.717) is 10.0 Å². The highest BCUT2D eigenvalue weighted by molar-refractivity contribution is 6.36. The van der Waals surface area contributed by atoms with Crippen LogP contribution in [0, 0.1) is 0 Å². The minimum Gasteiger partial charge on any atom is -0.497 e. The summed E-state index contributed by atoms with van der Waals surface area (Å²) < 4.78 is 5.27. The topological polar surface area (TPSA) is 21.3 Å². The van der Waals surface area contributed by atoms with E-state index in [1.165, 1.54) is 0 Å². The van der Waals surface area contributed by atoms with Crippen molar-refractivity contribution in [1.82, 2.24) is 5.32 Å². The Morgan fingerprint density at radius 2 is 1.75 bits per heavy atom. The lowest BCUT2D eigenvalue weighted by atomic mass is 9.98. The van der Waals surface area contributed by atoms with Gasteiger partial charge in [0.1, 0.15) is 5.75 Å². The van der Waals surface area contributed by atoms with Crippen LogP contribution in [0.4, 0.5) is 0 Å². The number of likely N-dealkylation sites (N-methyl/N-ethyl adjacent to an activating group) is 1. The van der Waals surface area contributed by atoms with E-state index in [2.05, 4.69) is 11.4 Å². The highest BCUT2D eigenvalue weighted by Crippen LogP contribution is 2.30. The summed E-state index contributed by atoms with van der Waals surface area (Å²) in [5, 5.41) is 4.69. The molecule has 20 heavy (non-hydrogen) atoms. The first-order chi connectivity index (χ1) is 9.65. The van der Waals surface area contributed by atoms with Gasteiger partial charge in [0, 0.05) is 16.1 Å². The van der Waals surface area contributed by atoms with Crippen molar-refractivity contribution < 1.29 is 4.74 Å². The smallest absolute Gasteiger partial charge is 0.119 e. The van der Waals surface area contributed by atoms with Gasteiger partial charge in [0.2, 0.25) is 0 Å². The second-order valence-corrected chi connectivity index (χ2v) is 5.34. The van der Waals surface area contributed by atoms with Crippen LogP contribution in [-0.4, -0.2) is 14.2 Å². The average molecular weight is 310 g/mol. The third-order valence-corrected chi connectivity index (χ3v) is 4.02. The number of nitrogens with one attached hydrogen (secondary N) is 1. The van der Waals surface area contributed by atoms with Crippen LogP contribution in [0.2, 0.25) is 10.0 Å². The van der Waals surface area contributed by atoms with Gasteiger partial charge in [-0.25, -0.2) is 0 Å². The first kappa shape index (κ1) is 15.2. The molecule has 0 amide bonds. The summed E-state index contributed by atoms with van der Waals surface area (Å²) in [7, 11) is 3.59. The quantitative estimate of drug-likeness (QED) is 0.877. The fourth-order valence-electron chi connectivity index (χ4n) is 2.18. The molecule has 1 atom stereocenters. The second-order valence-electron chi connectivity index (χ2n) is 4.52. The van der Waals surface area contributed by atoms with Gasteiger partial charge in [0.05, 0.1) is 7.11 Å². The van der Waals surface area contributed by atoms with E-state index in [1.54, 1.807) is 7.11 Å². The Hall–Kier alpha value is -1.22. The summed E-state index contributed by atoms with van der Waals surface area (Å²) >= 11 is 12.5. The average Bonchev–Trinajstić information content (AvgIpc) is 2.47. The number of rotatable bonds is 5. The van der Waals surface area contributed by atoms with Crippen LogP contribution in [0.5, 0.6) is 5.75 Å². The van der Waals surface area contributed by atoms with Crippen molar-refractivity contribution in [3.05, 3.63) is 63.6 Å². The number of ether oxygens (including phenoxy) is 1. The molecule has 0 bridgehead atoms. The standard InChI is InChI=1S/C16H17Cl2NO/c1-19-16(11-5-3-6-12(9-11)20-2)10-13-14(17)7-4-8-15(13)18/h3-9,16,19H,10H2,1-2H3. The molecule has 0 fully saturated rings. The number of halogens is 2. The molecule has 4 heteroatoms. The van der Waals surface area contributed by atoms with Crippen molar-refractivity contribution in [2.75, 3.05) is 14.2 Å². The number of hydrogen-bond donors (Lipinski definition) is 1. The maximum absolute atomic E-state index is 6.24. The Morgan fingerprint density at radius 3 is 2.35 bits per heavy atom. The molecule has 106 valence electrons. The first-order valence-corrected chi connectivity index (χ1v) is 7.15. The Labute approximate surface area is 129 Å². The number of benzene rings is 2. The Kier molecular flexibility index (Phi) is 5.30. The molecule has 0 saturated carbocycles. The Bertz CT molecular complexity index is 566. The molecule has 0 saturated heterocycles. The van der Waals surface area contributed by atoms with E-state index in [4.69, 9.17) is 27.9 Å². The predicted molar refractivity (Wildman–Crippen MR) is 85.0 cm³/mol. The lowest BCUT2D eigenvalue weighted by Crippen LogP contribution is -2.19. The first-order valence-electron chi connectivity index (χ1n) is 6.39. The van der Waals surface area contributed by atoms with Crippen LogP contribution in [0.1, 0.15) is 17.2 Å². The molecule has 0 aliphatic heterocycles. The molecule has 0 radical (unpaired) electrons. The minimum atomic E-state index is 0.127. The van der Waals surface area contributed by atoms with Gasteiger partial charge in [-0.1, -0.05) is 41.4 Å². The molecular formula is C16H17Cl2NO. The molecule has 2 aromatic carbocycles. The highest BCUT2D eigenvalue weighted by Gasteiger charge is 2.15. The van der Waals surface area contributed by atoms with Gasteiger partial charge < -0.3 is 10.1 Å². The van der Waals surface area contributed by atoms with Gasteiger partial charge in [-0.15, -0.1) is 0 Å². The summed E-state index contributed by atoms with van der Waals surface area (Å²) in [5.41, 5.74) is 2.10. The summed E-state index contributed by atoms with van der Waals surface area (Å²) in [4.78, 5) is 0. The molecule has 2 aromatic rings. The van der Waals surface area contributed by atoms with Crippen molar-refractivity contribution in [2.45, 2.75) is 12.5 Å². The predicted octanol–water partition coefficient (Wildman–Crippen LogP) is 4.51. The van der Waals surface area contributed by atoms with Crippen LogP contribution in [0.15, 0.2) is 42.5 Å². The summed E-state index contributed by atoms with van der Waals surface area (Å²) in [6.07, 6.45) is 0.724. The molecule has 1 unspecified atom stereocenters. The molecule has 1 N–H and O–H groups in total. The van der Waals surface area contributed by atoms with Crippen molar-refractivity contribution in [3.63, 3.8) is 0 Å². The van der Waals surface area contributed by atoms with Gasteiger partial charge in [-0.05, 0) is 48.9 Å². The minimum absolute atomic E-state index is 0.127. The van der Waals surface area contributed by atoms with Crippen LogP contribution in [0.3, 0.4) is 0 Å². The largest absolute Gasteiger partial charge is 0.497 e. The summed E-state index contributed by atoms with van der Waals surface area (Å²) in [6.45, 7) is 0. The fraction of sp³-hybridized carbons (Fsp3) is 0.250.